The second-order valence-electron chi connectivity index (χ2n) is 13.9. The van der Waals surface area contributed by atoms with Gasteiger partial charge in [-0.3, -0.25) is 9.59 Å². The summed E-state index contributed by atoms with van der Waals surface area (Å²) in [5.74, 6) is 0.332. The maximum absolute atomic E-state index is 13.3. The molecular weight excluding hydrogens is 872 g/mol. The van der Waals surface area contributed by atoms with Crippen molar-refractivity contribution >= 4 is 96.3 Å². The lowest BCUT2D eigenvalue weighted by molar-refractivity contribution is -0.125. The molecule has 0 saturated carbocycles. The minimum Gasteiger partial charge on any atom is -0.478 e. The van der Waals surface area contributed by atoms with Gasteiger partial charge in [-0.15, -0.1) is 25.3 Å². The molecule has 2 aliphatic heterocycles. The average molecular weight is 908 g/mol. The lowest BCUT2D eigenvalue weighted by Crippen LogP contribution is -2.31. The Morgan fingerprint density at radius 1 is 0.689 bits per heavy atom. The lowest BCUT2D eigenvalue weighted by Gasteiger charge is -2.19. The fourth-order valence-electron chi connectivity index (χ4n) is 6.66. The standard InChI is InChI=1S/C46H35ClN2O8S4/c47-36-16-11-30(24-35(36)43(52)53)38-18-15-34(56-38)26-40-42(51)49(46(59)61-40)22-20-28-9-12-32(13-10-28)57-44(54)31-8-4-7-29(23-31)37-17-14-33(55-37)25-39-41(50)48(45(58)60-39)21-19-27-5-2-1-3-6-27/h1-18,23-26,45-46,58-59H,19-22H2,(H,52,53)/b39-25-,40-26-. The van der Waals surface area contributed by atoms with E-state index in [9.17, 15) is 24.3 Å². The molecule has 10 nitrogen and oxygen atoms in total. The van der Waals surface area contributed by atoms with Crippen molar-refractivity contribution in [3.63, 3.8) is 0 Å². The molecule has 61 heavy (non-hydrogen) atoms. The molecule has 8 rings (SSSR count). The predicted octanol–water partition coefficient (Wildman–Crippen LogP) is 10.5. The zero-order valence-corrected chi connectivity index (χ0v) is 36.2. The van der Waals surface area contributed by atoms with Crippen LogP contribution in [0.15, 0.2) is 140 Å². The molecule has 2 atom stereocenters. The van der Waals surface area contributed by atoms with E-state index in [-0.39, 0.29) is 27.1 Å². The molecule has 1 N–H and O–H groups in total. The smallest absolute Gasteiger partial charge is 0.343 e. The molecule has 2 fully saturated rings. The number of aromatic carboxylic acids is 1. The van der Waals surface area contributed by atoms with Gasteiger partial charge in [-0.05, 0) is 90.7 Å². The SMILES string of the molecule is O=C(Oc1ccc(CCN2C(=O)/C(=C/c3ccc(-c4ccc(Cl)c(C(=O)O)c4)o3)SC2S)cc1)c1cccc(-c2ccc(/C=C3\SC(S)N(CCc4ccccc4)C3=O)o2)c1. The van der Waals surface area contributed by atoms with Gasteiger partial charge in [-0.1, -0.05) is 89.7 Å². The number of rotatable bonds is 13. The number of hydrogen-bond acceptors (Lipinski definition) is 11. The lowest BCUT2D eigenvalue weighted by atomic mass is 10.1. The molecule has 308 valence electrons. The Labute approximate surface area is 375 Å². The highest BCUT2D eigenvalue weighted by molar-refractivity contribution is 8.14. The van der Waals surface area contributed by atoms with E-state index < -0.39 is 16.6 Å². The number of esters is 1. The van der Waals surface area contributed by atoms with Crippen molar-refractivity contribution in [2.24, 2.45) is 0 Å². The van der Waals surface area contributed by atoms with Crippen LogP contribution >= 0.6 is 60.4 Å². The fourth-order valence-corrected chi connectivity index (χ4v) is 9.90. The largest absolute Gasteiger partial charge is 0.478 e. The molecular formula is C46H35ClN2O8S4. The van der Waals surface area contributed by atoms with Gasteiger partial charge in [-0.25, -0.2) is 9.59 Å². The average Bonchev–Trinajstić information content (AvgIpc) is 4.04. The maximum Gasteiger partial charge on any atom is 0.343 e. The number of thiol groups is 2. The Kier molecular flexibility index (Phi) is 12.9. The number of carbonyl (C=O) groups is 4. The summed E-state index contributed by atoms with van der Waals surface area (Å²) in [4.78, 5) is 55.7. The number of benzene rings is 4. The van der Waals surface area contributed by atoms with E-state index in [1.54, 1.807) is 82.6 Å². The summed E-state index contributed by atoms with van der Waals surface area (Å²) in [5.41, 5.74) is 3.61. The summed E-state index contributed by atoms with van der Waals surface area (Å²) < 4.78 is 17.0. The first-order chi connectivity index (χ1) is 29.5. The van der Waals surface area contributed by atoms with E-state index in [1.165, 1.54) is 35.7 Å². The molecule has 2 saturated heterocycles. The van der Waals surface area contributed by atoms with Crippen LogP contribution in [0.1, 0.15) is 43.4 Å². The highest BCUT2D eigenvalue weighted by atomic mass is 35.5. The van der Waals surface area contributed by atoms with E-state index in [0.29, 0.717) is 74.8 Å². The number of nitrogens with zero attached hydrogens (tertiary/aromatic N) is 2. The second-order valence-corrected chi connectivity index (χ2v) is 18.2. The van der Waals surface area contributed by atoms with Crippen molar-refractivity contribution in [3.05, 3.63) is 170 Å². The number of halogens is 1. The van der Waals surface area contributed by atoms with Gasteiger partial charge in [0.05, 0.1) is 26.0 Å². The van der Waals surface area contributed by atoms with Crippen LogP contribution in [0.25, 0.3) is 34.8 Å². The monoisotopic (exact) mass is 906 g/mol. The summed E-state index contributed by atoms with van der Waals surface area (Å²) in [6.07, 6.45) is 4.64. The number of amides is 2. The second kappa shape index (κ2) is 18.6. The predicted molar refractivity (Wildman–Crippen MR) is 246 cm³/mol. The van der Waals surface area contributed by atoms with Gasteiger partial charge in [-0.2, -0.15) is 0 Å². The normalized spacial score (nSPS) is 17.8. The van der Waals surface area contributed by atoms with Crippen LogP contribution in [-0.4, -0.2) is 61.2 Å². The third-order valence-electron chi connectivity index (χ3n) is 9.87. The number of carbonyl (C=O) groups excluding carboxylic acids is 3. The molecule has 2 aliphatic rings. The molecule has 0 radical (unpaired) electrons. The number of thioether (sulfide) groups is 2. The summed E-state index contributed by atoms with van der Waals surface area (Å²) in [6, 6.07) is 35.7. The minimum atomic E-state index is -1.14. The zero-order valence-electron chi connectivity index (χ0n) is 32.0. The Morgan fingerprint density at radius 2 is 1.25 bits per heavy atom. The molecule has 0 spiro atoms. The van der Waals surface area contributed by atoms with Gasteiger partial charge < -0.3 is 28.5 Å². The first kappa shape index (κ1) is 42.2. The van der Waals surface area contributed by atoms with Crippen LogP contribution in [0.4, 0.5) is 0 Å². The van der Waals surface area contributed by atoms with Gasteiger partial charge in [0, 0.05) is 36.4 Å². The van der Waals surface area contributed by atoms with Crippen molar-refractivity contribution in [2.45, 2.75) is 22.3 Å². The number of carboxylic acids is 1. The summed E-state index contributed by atoms with van der Waals surface area (Å²) >= 11 is 18.0. The van der Waals surface area contributed by atoms with E-state index in [1.807, 2.05) is 48.5 Å². The highest BCUT2D eigenvalue weighted by Gasteiger charge is 2.35. The van der Waals surface area contributed by atoms with E-state index in [2.05, 4.69) is 25.3 Å². The number of ether oxygens (including phenoxy) is 1. The zero-order chi connectivity index (χ0) is 42.6. The number of carboxylic acid groups (broad SMARTS) is 1. The van der Waals surface area contributed by atoms with Crippen LogP contribution < -0.4 is 4.74 Å². The van der Waals surface area contributed by atoms with Crippen molar-refractivity contribution in [1.29, 1.82) is 0 Å². The van der Waals surface area contributed by atoms with Gasteiger partial charge in [0.15, 0.2) is 0 Å². The van der Waals surface area contributed by atoms with Crippen LogP contribution in [0.2, 0.25) is 5.02 Å². The number of furan rings is 2. The van der Waals surface area contributed by atoms with E-state index >= 15 is 0 Å². The number of hydrogen-bond donors (Lipinski definition) is 3. The maximum atomic E-state index is 13.3. The Hall–Kier alpha value is -5.51. The Morgan fingerprint density at radius 3 is 1.82 bits per heavy atom. The third-order valence-corrected chi connectivity index (χ3v) is 13.4. The van der Waals surface area contributed by atoms with Crippen molar-refractivity contribution in [2.75, 3.05) is 13.1 Å². The molecule has 2 amide bonds. The van der Waals surface area contributed by atoms with E-state index in [4.69, 9.17) is 25.2 Å². The quantitative estimate of drug-likeness (QED) is 0.0446. The molecule has 4 aromatic carbocycles. The van der Waals surface area contributed by atoms with Gasteiger partial charge >= 0.3 is 11.9 Å². The molecule has 2 aromatic heterocycles. The molecule has 15 heteroatoms. The van der Waals surface area contributed by atoms with Crippen LogP contribution in [0, 0.1) is 0 Å². The van der Waals surface area contributed by atoms with Crippen LogP contribution in [0.3, 0.4) is 0 Å². The Balaban J connectivity index is 0.842. The minimum absolute atomic E-state index is 0.0345. The molecule has 0 aliphatic carbocycles. The summed E-state index contributed by atoms with van der Waals surface area (Å²) in [7, 11) is 0. The van der Waals surface area contributed by atoms with Crippen molar-refractivity contribution in [1.82, 2.24) is 9.80 Å². The van der Waals surface area contributed by atoms with E-state index in [0.717, 1.165) is 17.5 Å². The molecule has 0 bridgehead atoms. The van der Waals surface area contributed by atoms with Crippen molar-refractivity contribution in [3.8, 4) is 28.4 Å². The first-order valence-corrected chi connectivity index (χ1v) is 22.1. The highest BCUT2D eigenvalue weighted by Crippen LogP contribution is 2.40. The summed E-state index contributed by atoms with van der Waals surface area (Å²) in [6.45, 7) is 0.958. The first-order valence-electron chi connectivity index (χ1n) is 18.9. The third kappa shape index (κ3) is 9.84. The van der Waals surface area contributed by atoms with Crippen LogP contribution in [-0.2, 0) is 22.4 Å². The Bertz CT molecular complexity index is 2690. The van der Waals surface area contributed by atoms with Gasteiger partial charge in [0.1, 0.15) is 38.2 Å². The van der Waals surface area contributed by atoms with Crippen LogP contribution in [0.5, 0.6) is 5.75 Å². The summed E-state index contributed by atoms with van der Waals surface area (Å²) in [5, 5.41) is 9.53. The topological polar surface area (TPSA) is 130 Å². The fraction of sp³-hybridized carbons (Fsp3) is 0.130. The molecule has 6 aromatic rings. The van der Waals surface area contributed by atoms with Crippen molar-refractivity contribution < 1.29 is 37.9 Å². The molecule has 4 heterocycles. The molecule has 2 unspecified atom stereocenters. The van der Waals surface area contributed by atoms with Gasteiger partial charge in [0.25, 0.3) is 11.8 Å². The van der Waals surface area contributed by atoms with Gasteiger partial charge in [0.2, 0.25) is 0 Å².